The van der Waals surface area contributed by atoms with Gasteiger partial charge in [0.1, 0.15) is 0 Å². The number of hydrogen-bond acceptors (Lipinski definition) is 6. The molecule has 2 heterocycles. The molecule has 0 aromatic carbocycles. The van der Waals surface area contributed by atoms with Crippen molar-refractivity contribution in [3.63, 3.8) is 0 Å². The highest BCUT2D eigenvalue weighted by Crippen LogP contribution is 2.26. The molecule has 0 saturated heterocycles. The molecule has 0 bridgehead atoms. The van der Waals surface area contributed by atoms with Gasteiger partial charge < -0.3 is 10.1 Å². The van der Waals surface area contributed by atoms with E-state index in [-0.39, 0.29) is 12.0 Å². The van der Waals surface area contributed by atoms with Crippen LogP contribution in [-0.2, 0) is 4.74 Å². The third-order valence-electron chi connectivity index (χ3n) is 2.81. The molecule has 0 aliphatic rings. The lowest BCUT2D eigenvalue weighted by Gasteiger charge is -2.12. The number of carbonyl (C=O) groups excluding carboxylic acids is 1. The van der Waals surface area contributed by atoms with Crippen molar-refractivity contribution in [3.05, 3.63) is 40.7 Å². The number of aromatic nitrogens is 2. The molecule has 2 aromatic rings. The summed E-state index contributed by atoms with van der Waals surface area (Å²) < 4.78 is 4.98. The van der Waals surface area contributed by atoms with Gasteiger partial charge in [0, 0.05) is 17.3 Å². The molecule has 0 aliphatic carbocycles. The zero-order valence-corrected chi connectivity index (χ0v) is 12.5. The van der Waals surface area contributed by atoms with Gasteiger partial charge in [-0.15, -0.1) is 11.3 Å². The maximum atomic E-state index is 11.7. The highest BCUT2D eigenvalue weighted by atomic mass is 32.1. The van der Waals surface area contributed by atoms with E-state index in [1.807, 2.05) is 26.0 Å². The molecule has 1 atom stereocenters. The average Bonchev–Trinajstić information content (AvgIpc) is 2.81. The Bertz CT molecular complexity index is 583. The second kappa shape index (κ2) is 6.47. The molecule has 2 rings (SSSR count). The van der Waals surface area contributed by atoms with Crippen molar-refractivity contribution in [2.45, 2.75) is 26.8 Å². The first-order valence-corrected chi connectivity index (χ1v) is 7.24. The summed E-state index contributed by atoms with van der Waals surface area (Å²) in [5.74, 6) is -0.370. The molecule has 1 unspecified atom stereocenters. The van der Waals surface area contributed by atoms with Crippen molar-refractivity contribution in [1.29, 1.82) is 0 Å². The van der Waals surface area contributed by atoms with Crippen LogP contribution in [0.1, 0.15) is 40.8 Å². The van der Waals surface area contributed by atoms with Crippen LogP contribution in [0.25, 0.3) is 0 Å². The summed E-state index contributed by atoms with van der Waals surface area (Å²) >= 11 is 1.45. The summed E-state index contributed by atoms with van der Waals surface area (Å²) in [7, 11) is 0. The number of thiazole rings is 1. The van der Waals surface area contributed by atoms with Crippen LogP contribution in [0.5, 0.6) is 0 Å². The zero-order chi connectivity index (χ0) is 14.5. The van der Waals surface area contributed by atoms with Gasteiger partial charge in [0.25, 0.3) is 0 Å². The number of esters is 1. The van der Waals surface area contributed by atoms with Gasteiger partial charge in [0.05, 0.1) is 12.6 Å². The molecule has 5 nitrogen and oxygen atoms in total. The van der Waals surface area contributed by atoms with Crippen molar-refractivity contribution in [2.24, 2.45) is 0 Å². The normalized spacial score (nSPS) is 11.9. The van der Waals surface area contributed by atoms with Gasteiger partial charge >= 0.3 is 5.97 Å². The molecule has 6 heteroatoms. The van der Waals surface area contributed by atoms with Crippen LogP contribution in [0.2, 0.25) is 0 Å². The Hall–Kier alpha value is -1.95. The van der Waals surface area contributed by atoms with E-state index in [0.29, 0.717) is 12.3 Å². The van der Waals surface area contributed by atoms with Gasteiger partial charge in [-0.1, -0.05) is 0 Å². The minimum absolute atomic E-state index is 0.0959. The topological polar surface area (TPSA) is 64.1 Å². The number of carbonyl (C=O) groups is 1. The largest absolute Gasteiger partial charge is 0.461 e. The predicted molar refractivity (Wildman–Crippen MR) is 79.1 cm³/mol. The van der Waals surface area contributed by atoms with Gasteiger partial charge in [-0.3, -0.25) is 4.98 Å². The van der Waals surface area contributed by atoms with Crippen molar-refractivity contribution >= 4 is 22.4 Å². The lowest BCUT2D eigenvalue weighted by atomic mass is 10.1. The summed E-state index contributed by atoms with van der Waals surface area (Å²) in [6.45, 7) is 6.04. The lowest BCUT2D eigenvalue weighted by Crippen LogP contribution is -2.08. The smallest absolute Gasteiger partial charge is 0.358 e. The Morgan fingerprint density at radius 1 is 1.45 bits per heavy atom. The second-order valence-corrected chi connectivity index (χ2v) is 5.49. The molecular formula is C14H17N3O2S. The number of anilines is 1. The summed E-state index contributed by atoms with van der Waals surface area (Å²) in [5, 5.41) is 4.01. The standard InChI is InChI=1S/C14H17N3O2S/c1-4-19-13(18)12-10(3)20-14(17-12)16-9(2)11-5-7-15-8-6-11/h5-9H,4H2,1-3H3,(H,16,17). The van der Waals surface area contributed by atoms with E-state index >= 15 is 0 Å². The quantitative estimate of drug-likeness (QED) is 0.857. The Morgan fingerprint density at radius 3 is 2.80 bits per heavy atom. The Balaban J connectivity index is 2.11. The monoisotopic (exact) mass is 291 g/mol. The molecule has 0 fully saturated rings. The van der Waals surface area contributed by atoms with Gasteiger partial charge in [-0.05, 0) is 38.5 Å². The molecule has 20 heavy (non-hydrogen) atoms. The minimum Gasteiger partial charge on any atom is -0.461 e. The molecule has 0 saturated carbocycles. The third kappa shape index (κ3) is 3.33. The third-order valence-corrected chi connectivity index (χ3v) is 3.71. The van der Waals surface area contributed by atoms with Crippen molar-refractivity contribution in [3.8, 4) is 0 Å². The fourth-order valence-corrected chi connectivity index (χ4v) is 2.66. The summed E-state index contributed by atoms with van der Waals surface area (Å²) in [6.07, 6.45) is 3.51. The average molecular weight is 291 g/mol. The zero-order valence-electron chi connectivity index (χ0n) is 11.7. The minimum atomic E-state index is -0.370. The number of nitrogens with zero attached hydrogens (tertiary/aromatic N) is 2. The van der Waals surface area contributed by atoms with Crippen LogP contribution in [0.15, 0.2) is 24.5 Å². The SMILES string of the molecule is CCOC(=O)c1nc(NC(C)c2ccncc2)sc1C. The van der Waals surface area contributed by atoms with Gasteiger partial charge in [0.2, 0.25) is 0 Å². The molecule has 0 amide bonds. The fourth-order valence-electron chi connectivity index (χ4n) is 1.77. The Labute approximate surface area is 122 Å². The first kappa shape index (κ1) is 14.5. The van der Waals surface area contributed by atoms with E-state index in [9.17, 15) is 4.79 Å². The second-order valence-electron chi connectivity index (χ2n) is 4.29. The van der Waals surface area contributed by atoms with Gasteiger partial charge in [0.15, 0.2) is 10.8 Å². The van der Waals surface area contributed by atoms with E-state index in [0.717, 1.165) is 15.6 Å². The van der Waals surface area contributed by atoms with Crippen LogP contribution in [0.4, 0.5) is 5.13 Å². The Morgan fingerprint density at radius 2 is 2.15 bits per heavy atom. The lowest BCUT2D eigenvalue weighted by molar-refractivity contribution is 0.0519. The number of pyridine rings is 1. The first-order chi connectivity index (χ1) is 9.61. The number of aryl methyl sites for hydroxylation is 1. The van der Waals surface area contributed by atoms with Gasteiger partial charge in [-0.2, -0.15) is 0 Å². The highest BCUT2D eigenvalue weighted by molar-refractivity contribution is 7.15. The van der Waals surface area contributed by atoms with E-state index in [4.69, 9.17) is 4.74 Å². The molecule has 1 N–H and O–H groups in total. The molecule has 0 spiro atoms. The summed E-state index contributed by atoms with van der Waals surface area (Å²) in [4.78, 5) is 20.9. The molecule has 2 aromatic heterocycles. The highest BCUT2D eigenvalue weighted by Gasteiger charge is 2.17. The molecular weight excluding hydrogens is 274 g/mol. The molecule has 106 valence electrons. The number of ether oxygens (including phenoxy) is 1. The van der Waals surface area contributed by atoms with Crippen molar-refractivity contribution in [1.82, 2.24) is 9.97 Å². The maximum absolute atomic E-state index is 11.7. The number of nitrogens with one attached hydrogen (secondary N) is 1. The molecule has 0 radical (unpaired) electrons. The van der Waals surface area contributed by atoms with Crippen LogP contribution in [0, 0.1) is 6.92 Å². The van der Waals surface area contributed by atoms with Gasteiger partial charge in [-0.25, -0.2) is 9.78 Å². The summed E-state index contributed by atoms with van der Waals surface area (Å²) in [6, 6.07) is 3.99. The van der Waals surface area contributed by atoms with E-state index in [1.54, 1.807) is 19.3 Å². The summed E-state index contributed by atoms with van der Waals surface area (Å²) in [5.41, 5.74) is 1.51. The van der Waals surface area contributed by atoms with E-state index in [1.165, 1.54) is 11.3 Å². The first-order valence-electron chi connectivity index (χ1n) is 6.42. The van der Waals surface area contributed by atoms with Crippen molar-refractivity contribution in [2.75, 3.05) is 11.9 Å². The van der Waals surface area contributed by atoms with Crippen LogP contribution in [0.3, 0.4) is 0 Å². The maximum Gasteiger partial charge on any atom is 0.358 e. The molecule has 0 aliphatic heterocycles. The van der Waals surface area contributed by atoms with Crippen LogP contribution >= 0.6 is 11.3 Å². The number of hydrogen-bond donors (Lipinski definition) is 1. The van der Waals surface area contributed by atoms with Crippen molar-refractivity contribution < 1.29 is 9.53 Å². The van der Waals surface area contributed by atoms with E-state index < -0.39 is 0 Å². The Kier molecular flexibility index (Phi) is 4.68. The number of rotatable bonds is 5. The van der Waals surface area contributed by atoms with Crippen LogP contribution in [-0.4, -0.2) is 22.5 Å². The van der Waals surface area contributed by atoms with E-state index in [2.05, 4.69) is 15.3 Å². The van der Waals surface area contributed by atoms with Crippen LogP contribution < -0.4 is 5.32 Å². The fraction of sp³-hybridized carbons (Fsp3) is 0.357. The predicted octanol–water partition coefficient (Wildman–Crippen LogP) is 3.20.